The highest BCUT2D eigenvalue weighted by atomic mass is 79.9. The summed E-state index contributed by atoms with van der Waals surface area (Å²) in [5, 5.41) is 0. The standard InChI is InChI=1S/C15H12Br10/c16-10-11(17,8-4-7-9-5-2-1-3-6-9)13(20,21)15(24,25)14(22,23)12(10,18)19/h1-3,5-6,10H,4,7-8H2. The van der Waals surface area contributed by atoms with Crippen LogP contribution in [0.4, 0.5) is 0 Å². The van der Waals surface area contributed by atoms with Gasteiger partial charge in [-0.05, 0) is 24.8 Å². The number of alkyl halides is 10. The Morgan fingerprint density at radius 2 is 1.24 bits per heavy atom. The summed E-state index contributed by atoms with van der Waals surface area (Å²) < 4.78 is -2.59. The molecule has 1 aliphatic carbocycles. The van der Waals surface area contributed by atoms with E-state index in [2.05, 4.69) is 184 Å². The summed E-state index contributed by atoms with van der Waals surface area (Å²) in [6.45, 7) is 0. The lowest BCUT2D eigenvalue weighted by Crippen LogP contribution is -2.74. The van der Waals surface area contributed by atoms with E-state index in [4.69, 9.17) is 0 Å². The van der Waals surface area contributed by atoms with Crippen LogP contribution in [0, 0.1) is 0 Å². The number of aryl methyl sites for hydroxylation is 1. The van der Waals surface area contributed by atoms with E-state index in [0.717, 1.165) is 19.3 Å². The maximum atomic E-state index is 4.06. The Balaban J connectivity index is 2.33. The molecule has 1 aromatic carbocycles. The second-order valence-electron chi connectivity index (χ2n) is 5.91. The van der Waals surface area contributed by atoms with Crippen LogP contribution in [-0.4, -0.2) is 22.1 Å². The summed E-state index contributed by atoms with van der Waals surface area (Å²) in [5.74, 6) is 0. The number of hydrogen-bond donors (Lipinski definition) is 0. The zero-order valence-electron chi connectivity index (χ0n) is 12.4. The molecular weight excluding hydrogens is 979 g/mol. The smallest absolute Gasteiger partial charge is 0.0849 e. The summed E-state index contributed by atoms with van der Waals surface area (Å²) >= 11 is 39.0. The van der Waals surface area contributed by atoms with Crippen molar-refractivity contribution < 1.29 is 0 Å². The van der Waals surface area contributed by atoms with Crippen LogP contribution in [0.1, 0.15) is 18.4 Å². The average Bonchev–Trinajstić information content (AvgIpc) is 2.53. The van der Waals surface area contributed by atoms with Crippen LogP contribution in [0.25, 0.3) is 0 Å². The highest BCUT2D eigenvalue weighted by molar-refractivity contribution is 9.35. The van der Waals surface area contributed by atoms with E-state index >= 15 is 0 Å². The van der Waals surface area contributed by atoms with Gasteiger partial charge in [-0.25, -0.2) is 0 Å². The molecule has 2 unspecified atom stereocenters. The molecule has 0 nitrogen and oxygen atoms in total. The summed E-state index contributed by atoms with van der Waals surface area (Å²) in [5.41, 5.74) is 1.35. The molecule has 0 amide bonds. The van der Waals surface area contributed by atoms with E-state index in [9.17, 15) is 0 Å². The van der Waals surface area contributed by atoms with Crippen molar-refractivity contribution in [2.24, 2.45) is 0 Å². The maximum absolute atomic E-state index is 4.06. The van der Waals surface area contributed by atoms with Crippen molar-refractivity contribution in [2.45, 2.75) is 41.3 Å². The summed E-state index contributed by atoms with van der Waals surface area (Å²) in [7, 11) is 0. The monoisotopic (exact) mass is 981 g/mol. The lowest BCUT2D eigenvalue weighted by molar-refractivity contribution is 0.391. The molecule has 0 aromatic heterocycles. The van der Waals surface area contributed by atoms with Crippen molar-refractivity contribution in [3.05, 3.63) is 35.9 Å². The fourth-order valence-electron chi connectivity index (χ4n) is 2.75. The maximum Gasteiger partial charge on any atom is 0.134 e. The van der Waals surface area contributed by atoms with Gasteiger partial charge >= 0.3 is 0 Å². The van der Waals surface area contributed by atoms with Crippen molar-refractivity contribution >= 4 is 159 Å². The van der Waals surface area contributed by atoms with Crippen LogP contribution in [0.3, 0.4) is 0 Å². The van der Waals surface area contributed by atoms with E-state index in [1.807, 2.05) is 6.07 Å². The quantitative estimate of drug-likeness (QED) is 0.264. The van der Waals surface area contributed by atoms with E-state index in [1.165, 1.54) is 5.56 Å². The normalized spacial score (nSPS) is 32.3. The summed E-state index contributed by atoms with van der Waals surface area (Å²) in [6.07, 6.45) is 2.97. The molecule has 10 heteroatoms. The van der Waals surface area contributed by atoms with Crippen LogP contribution in [0.2, 0.25) is 0 Å². The van der Waals surface area contributed by atoms with Gasteiger partial charge in [0.2, 0.25) is 0 Å². The highest BCUT2D eigenvalue weighted by Crippen LogP contribution is 2.77. The lowest BCUT2D eigenvalue weighted by atomic mass is 9.84. The van der Waals surface area contributed by atoms with Crippen LogP contribution in [-0.2, 0) is 6.42 Å². The molecule has 0 aliphatic heterocycles. The molecule has 1 saturated carbocycles. The fourth-order valence-corrected chi connectivity index (χ4v) is 14.3. The van der Waals surface area contributed by atoms with Gasteiger partial charge in [-0.15, -0.1) is 0 Å². The molecule has 0 heterocycles. The van der Waals surface area contributed by atoms with Gasteiger partial charge < -0.3 is 0 Å². The third-order valence-electron chi connectivity index (χ3n) is 4.30. The molecule has 0 saturated heterocycles. The number of benzene rings is 1. The minimum atomic E-state index is -0.604. The first-order chi connectivity index (χ1) is 11.2. The third kappa shape index (κ3) is 4.22. The number of hydrogen-bond acceptors (Lipinski definition) is 0. The van der Waals surface area contributed by atoms with Crippen molar-refractivity contribution in [3.63, 3.8) is 0 Å². The second-order valence-corrected chi connectivity index (χ2v) is 22.1. The topological polar surface area (TPSA) is 0 Å². The Labute approximate surface area is 232 Å². The van der Waals surface area contributed by atoms with Crippen LogP contribution < -0.4 is 0 Å². The molecule has 0 spiro atoms. The van der Waals surface area contributed by atoms with Crippen molar-refractivity contribution in [2.75, 3.05) is 0 Å². The summed E-state index contributed by atoms with van der Waals surface area (Å²) in [4.78, 5) is 0.00370. The predicted molar refractivity (Wildman–Crippen MR) is 146 cm³/mol. The zero-order chi connectivity index (χ0) is 19.3. The Bertz CT molecular complexity index is 612. The Morgan fingerprint density at radius 3 is 1.76 bits per heavy atom. The van der Waals surface area contributed by atoms with Gasteiger partial charge in [0.15, 0.2) is 0 Å². The average molecular weight is 991 g/mol. The Morgan fingerprint density at radius 1 is 0.720 bits per heavy atom. The molecule has 2 atom stereocenters. The van der Waals surface area contributed by atoms with Gasteiger partial charge in [0.25, 0.3) is 0 Å². The molecule has 0 radical (unpaired) electrons. The SMILES string of the molecule is BrC1C(Br)(Br)C(Br)(Br)C(Br)(Br)C(Br)(Br)C1(Br)CCCc1ccccc1. The number of halogens is 10. The van der Waals surface area contributed by atoms with E-state index in [-0.39, 0.29) is 9.15 Å². The summed E-state index contributed by atoms with van der Waals surface area (Å²) in [6, 6.07) is 10.6. The first-order valence-corrected chi connectivity index (χ1v) is 15.2. The highest BCUT2D eigenvalue weighted by Gasteiger charge is 2.79. The molecule has 1 aromatic rings. The third-order valence-corrected chi connectivity index (χ3v) is 26.0. The molecule has 0 N–H and O–H groups in total. The molecule has 25 heavy (non-hydrogen) atoms. The lowest BCUT2D eigenvalue weighted by Gasteiger charge is -2.63. The minimum absolute atomic E-state index is 0.00370. The van der Waals surface area contributed by atoms with Gasteiger partial charge in [0, 0.05) is 0 Å². The van der Waals surface area contributed by atoms with Crippen molar-refractivity contribution in [1.29, 1.82) is 0 Å². The van der Waals surface area contributed by atoms with E-state index < -0.39 is 12.9 Å². The van der Waals surface area contributed by atoms with Gasteiger partial charge in [-0.1, -0.05) is 190 Å². The van der Waals surface area contributed by atoms with Gasteiger partial charge in [-0.2, -0.15) is 0 Å². The molecular formula is C15H12Br10. The first-order valence-electron chi connectivity index (χ1n) is 7.11. The van der Waals surface area contributed by atoms with Gasteiger partial charge in [0.1, 0.15) is 12.9 Å². The van der Waals surface area contributed by atoms with Crippen LogP contribution in [0.15, 0.2) is 30.3 Å². The van der Waals surface area contributed by atoms with Crippen LogP contribution >= 0.6 is 159 Å². The molecule has 0 bridgehead atoms. The predicted octanol–water partition coefficient (Wildman–Crippen LogP) is 9.86. The van der Waals surface area contributed by atoms with Crippen LogP contribution in [0.5, 0.6) is 0 Å². The van der Waals surface area contributed by atoms with Gasteiger partial charge in [0.05, 0.1) is 9.15 Å². The molecule has 2 rings (SSSR count). The Hall–Kier alpha value is 4.02. The van der Waals surface area contributed by atoms with Crippen molar-refractivity contribution in [1.82, 2.24) is 0 Å². The van der Waals surface area contributed by atoms with E-state index in [0.29, 0.717) is 0 Å². The number of rotatable bonds is 4. The Kier molecular flexibility index (Phi) is 8.97. The first kappa shape index (κ1) is 25.3. The zero-order valence-corrected chi connectivity index (χ0v) is 28.2. The largest absolute Gasteiger partial charge is 0.134 e. The molecule has 1 aliphatic rings. The molecule has 142 valence electrons. The molecule has 1 fully saturated rings. The van der Waals surface area contributed by atoms with E-state index in [1.54, 1.807) is 0 Å². The second kappa shape index (κ2) is 8.87. The van der Waals surface area contributed by atoms with Crippen molar-refractivity contribution in [3.8, 4) is 0 Å². The fraction of sp³-hybridized carbons (Fsp3) is 0.600. The van der Waals surface area contributed by atoms with Gasteiger partial charge in [-0.3, -0.25) is 0 Å². The minimum Gasteiger partial charge on any atom is -0.0849 e.